The minimum absolute atomic E-state index is 0.325. The van der Waals surface area contributed by atoms with Crippen LogP contribution in [0.25, 0.3) is 0 Å². The Bertz CT molecular complexity index is 1060. The molecule has 1 aliphatic heterocycles. The van der Waals surface area contributed by atoms with Gasteiger partial charge in [-0.2, -0.15) is 10.5 Å². The van der Waals surface area contributed by atoms with E-state index in [0.29, 0.717) is 45.1 Å². The number of nitriles is 2. The second-order valence-corrected chi connectivity index (χ2v) is 6.75. The number of hydrogen-bond donors (Lipinski definition) is 0. The fourth-order valence-electron chi connectivity index (χ4n) is 2.76. The first-order chi connectivity index (χ1) is 13.2. The quantitative estimate of drug-likeness (QED) is 0.693. The molecule has 0 radical (unpaired) electrons. The van der Waals surface area contributed by atoms with E-state index in [2.05, 4.69) is 22.3 Å². The standard InChI is InChI=1S/C19H13N5O2S/c1-24-18(16-11-25-14-7-2-3-8-15(14)26-16)22-23-19(24)27-17-12(9-20)5-4-6-13(17)10-21/h2-8,16H,11H2,1H3. The van der Waals surface area contributed by atoms with Crippen molar-refractivity contribution in [3.63, 3.8) is 0 Å². The number of para-hydroxylation sites is 2. The van der Waals surface area contributed by atoms with E-state index in [4.69, 9.17) is 9.47 Å². The average Bonchev–Trinajstić information content (AvgIpc) is 3.08. The smallest absolute Gasteiger partial charge is 0.195 e. The number of nitrogens with zero attached hydrogens (tertiary/aromatic N) is 5. The van der Waals surface area contributed by atoms with Crippen LogP contribution in [0.5, 0.6) is 11.5 Å². The van der Waals surface area contributed by atoms with Gasteiger partial charge in [-0.05, 0) is 36.0 Å². The van der Waals surface area contributed by atoms with Crippen LogP contribution in [0.15, 0.2) is 52.5 Å². The summed E-state index contributed by atoms with van der Waals surface area (Å²) in [5.41, 5.74) is 0.851. The monoisotopic (exact) mass is 375 g/mol. The Morgan fingerprint density at radius 3 is 2.44 bits per heavy atom. The zero-order chi connectivity index (χ0) is 18.8. The van der Waals surface area contributed by atoms with Gasteiger partial charge in [-0.25, -0.2) is 0 Å². The summed E-state index contributed by atoms with van der Waals surface area (Å²) in [6, 6.07) is 16.7. The van der Waals surface area contributed by atoms with E-state index in [1.54, 1.807) is 22.8 Å². The zero-order valence-corrected chi connectivity index (χ0v) is 15.1. The van der Waals surface area contributed by atoms with E-state index in [0.717, 1.165) is 0 Å². The molecule has 1 unspecified atom stereocenters. The molecule has 0 saturated heterocycles. The number of rotatable bonds is 3. The van der Waals surface area contributed by atoms with Crippen molar-refractivity contribution in [1.82, 2.24) is 14.8 Å². The van der Waals surface area contributed by atoms with Crippen molar-refractivity contribution in [3.05, 3.63) is 59.4 Å². The largest absolute Gasteiger partial charge is 0.485 e. The van der Waals surface area contributed by atoms with Crippen LogP contribution in [0, 0.1) is 22.7 Å². The maximum absolute atomic E-state index is 9.34. The van der Waals surface area contributed by atoms with Gasteiger partial charge in [-0.1, -0.05) is 18.2 Å². The number of hydrogen-bond acceptors (Lipinski definition) is 7. The highest BCUT2D eigenvalue weighted by atomic mass is 32.2. The van der Waals surface area contributed by atoms with Crippen LogP contribution in [0.1, 0.15) is 23.1 Å². The fourth-order valence-corrected chi connectivity index (χ4v) is 3.70. The summed E-state index contributed by atoms with van der Waals surface area (Å²) < 4.78 is 13.5. The van der Waals surface area contributed by atoms with Crippen molar-refractivity contribution in [2.45, 2.75) is 16.2 Å². The summed E-state index contributed by atoms with van der Waals surface area (Å²) in [6.07, 6.45) is -0.395. The molecule has 1 atom stereocenters. The van der Waals surface area contributed by atoms with Gasteiger partial charge in [0.25, 0.3) is 0 Å². The molecular weight excluding hydrogens is 362 g/mol. The number of fused-ring (bicyclic) bond motifs is 1. The van der Waals surface area contributed by atoms with Crippen molar-refractivity contribution in [1.29, 1.82) is 10.5 Å². The molecule has 4 rings (SSSR count). The Hall–Kier alpha value is -3.49. The van der Waals surface area contributed by atoms with E-state index < -0.39 is 6.10 Å². The first-order valence-electron chi connectivity index (χ1n) is 8.10. The minimum atomic E-state index is -0.395. The summed E-state index contributed by atoms with van der Waals surface area (Å²) >= 11 is 1.24. The lowest BCUT2D eigenvalue weighted by Crippen LogP contribution is -2.24. The maximum Gasteiger partial charge on any atom is 0.195 e. The minimum Gasteiger partial charge on any atom is -0.485 e. The van der Waals surface area contributed by atoms with Gasteiger partial charge < -0.3 is 14.0 Å². The van der Waals surface area contributed by atoms with Gasteiger partial charge in [0.1, 0.15) is 18.7 Å². The lowest BCUT2D eigenvalue weighted by molar-refractivity contribution is 0.0825. The van der Waals surface area contributed by atoms with Crippen LogP contribution in [0.3, 0.4) is 0 Å². The van der Waals surface area contributed by atoms with E-state index in [9.17, 15) is 10.5 Å². The van der Waals surface area contributed by atoms with Gasteiger partial charge >= 0.3 is 0 Å². The maximum atomic E-state index is 9.34. The van der Waals surface area contributed by atoms with E-state index in [-0.39, 0.29) is 0 Å². The molecule has 27 heavy (non-hydrogen) atoms. The SMILES string of the molecule is Cn1c(Sc2c(C#N)cccc2C#N)nnc1C1COc2ccccc2O1. The number of aromatic nitrogens is 3. The number of benzene rings is 2. The van der Waals surface area contributed by atoms with Crippen LogP contribution in [-0.2, 0) is 7.05 Å². The normalized spacial score (nSPS) is 15.0. The summed E-state index contributed by atoms with van der Waals surface area (Å²) in [6.45, 7) is 0.325. The van der Waals surface area contributed by atoms with Gasteiger partial charge in [0, 0.05) is 7.05 Å². The zero-order valence-electron chi connectivity index (χ0n) is 14.3. The second-order valence-electron chi connectivity index (χ2n) is 5.77. The molecule has 1 aliphatic rings. The Balaban J connectivity index is 1.63. The van der Waals surface area contributed by atoms with Gasteiger partial charge in [-0.15, -0.1) is 10.2 Å². The molecule has 0 spiro atoms. The molecule has 0 amide bonds. The molecule has 7 nitrogen and oxygen atoms in total. The van der Waals surface area contributed by atoms with E-state index in [1.165, 1.54) is 11.8 Å². The van der Waals surface area contributed by atoms with E-state index in [1.807, 2.05) is 31.3 Å². The molecule has 0 aliphatic carbocycles. The van der Waals surface area contributed by atoms with Gasteiger partial charge in [0.05, 0.1) is 16.0 Å². The second kappa shape index (κ2) is 7.02. The fraction of sp³-hybridized carbons (Fsp3) is 0.158. The molecule has 0 saturated carbocycles. The van der Waals surface area contributed by atoms with Crippen LogP contribution in [0.4, 0.5) is 0 Å². The van der Waals surface area contributed by atoms with Crippen LogP contribution in [0.2, 0.25) is 0 Å². The highest BCUT2D eigenvalue weighted by Crippen LogP contribution is 2.37. The van der Waals surface area contributed by atoms with Crippen molar-refractivity contribution in [2.24, 2.45) is 7.05 Å². The lowest BCUT2D eigenvalue weighted by Gasteiger charge is -2.25. The van der Waals surface area contributed by atoms with Gasteiger partial charge in [0.15, 0.2) is 28.6 Å². The first-order valence-corrected chi connectivity index (χ1v) is 8.91. The molecule has 0 N–H and O–H groups in total. The third-order valence-electron chi connectivity index (χ3n) is 4.11. The molecule has 1 aromatic heterocycles. The van der Waals surface area contributed by atoms with Crippen molar-refractivity contribution in [3.8, 4) is 23.6 Å². The molecule has 0 fully saturated rings. The molecule has 0 bridgehead atoms. The van der Waals surface area contributed by atoms with Crippen molar-refractivity contribution < 1.29 is 9.47 Å². The van der Waals surface area contributed by atoms with Crippen molar-refractivity contribution >= 4 is 11.8 Å². The highest BCUT2D eigenvalue weighted by molar-refractivity contribution is 7.99. The molecule has 3 aromatic rings. The summed E-state index contributed by atoms with van der Waals surface area (Å²) in [7, 11) is 1.82. The van der Waals surface area contributed by atoms with Crippen LogP contribution in [-0.4, -0.2) is 21.4 Å². The molecule has 2 heterocycles. The summed E-state index contributed by atoms with van der Waals surface area (Å²) in [4.78, 5) is 0.565. The van der Waals surface area contributed by atoms with Crippen molar-refractivity contribution in [2.75, 3.05) is 6.61 Å². The Morgan fingerprint density at radius 1 is 1.04 bits per heavy atom. The molecule has 2 aromatic carbocycles. The summed E-state index contributed by atoms with van der Waals surface area (Å²) in [5, 5.41) is 27.7. The third-order valence-corrected chi connectivity index (χ3v) is 5.30. The average molecular weight is 375 g/mol. The summed E-state index contributed by atoms with van der Waals surface area (Å²) in [5.74, 6) is 1.97. The molecule has 132 valence electrons. The van der Waals surface area contributed by atoms with Gasteiger partial charge in [-0.3, -0.25) is 0 Å². The van der Waals surface area contributed by atoms with E-state index >= 15 is 0 Å². The third kappa shape index (κ3) is 3.07. The van der Waals surface area contributed by atoms with Crippen LogP contribution < -0.4 is 9.47 Å². The lowest BCUT2D eigenvalue weighted by atomic mass is 10.1. The highest BCUT2D eigenvalue weighted by Gasteiger charge is 2.28. The topological polar surface area (TPSA) is 96.8 Å². The number of ether oxygens (including phenoxy) is 2. The molecular formula is C19H13N5O2S. The molecule has 8 heteroatoms. The Kier molecular flexibility index (Phi) is 4.41. The predicted molar refractivity (Wildman–Crippen MR) is 96.3 cm³/mol. The predicted octanol–water partition coefficient (Wildman–Crippen LogP) is 3.22. The van der Waals surface area contributed by atoms with Crippen LogP contribution >= 0.6 is 11.8 Å². The Labute approximate surface area is 159 Å². The van der Waals surface area contributed by atoms with Gasteiger partial charge in [0.2, 0.25) is 0 Å². The first kappa shape index (κ1) is 17.0. The Morgan fingerprint density at radius 2 is 1.74 bits per heavy atom.